The fourth-order valence-electron chi connectivity index (χ4n) is 3.60. The maximum absolute atomic E-state index is 13.5. The average molecular weight is 416 g/mol. The van der Waals surface area contributed by atoms with E-state index in [1.54, 1.807) is 28.6 Å². The molecule has 0 atom stereocenters. The highest BCUT2D eigenvalue weighted by atomic mass is 32.1. The van der Waals surface area contributed by atoms with Gasteiger partial charge in [0.15, 0.2) is 5.13 Å². The van der Waals surface area contributed by atoms with Crippen LogP contribution >= 0.6 is 11.3 Å². The van der Waals surface area contributed by atoms with Gasteiger partial charge < -0.3 is 0 Å². The maximum Gasteiger partial charge on any atom is 0.233 e. The Morgan fingerprint density at radius 3 is 2.50 bits per heavy atom. The molecule has 0 N–H and O–H groups in total. The summed E-state index contributed by atoms with van der Waals surface area (Å²) in [7, 11) is 0. The third-order valence-electron chi connectivity index (χ3n) is 5.37. The number of anilines is 1. The van der Waals surface area contributed by atoms with Gasteiger partial charge in [-0.15, -0.1) is 0 Å². The number of nitrogens with zero attached hydrogens (tertiary/aromatic N) is 3. The molecule has 4 aromatic rings. The van der Waals surface area contributed by atoms with Crippen LogP contribution in [0.2, 0.25) is 0 Å². The Balaban J connectivity index is 1.73. The highest BCUT2D eigenvalue weighted by Crippen LogP contribution is 2.34. The van der Waals surface area contributed by atoms with Crippen molar-refractivity contribution >= 4 is 32.6 Å². The van der Waals surface area contributed by atoms with Crippen molar-refractivity contribution in [2.45, 2.75) is 40.7 Å². The Labute approximate surface area is 181 Å². The van der Waals surface area contributed by atoms with Crippen LogP contribution < -0.4 is 4.90 Å². The minimum atomic E-state index is 0.0418. The number of thiazole rings is 1. The second-order valence-corrected chi connectivity index (χ2v) is 8.80. The van der Waals surface area contributed by atoms with E-state index in [2.05, 4.69) is 63.0 Å². The first-order valence-electron chi connectivity index (χ1n) is 10.0. The first kappa shape index (κ1) is 20.2. The van der Waals surface area contributed by atoms with Crippen molar-refractivity contribution in [3.8, 4) is 0 Å². The van der Waals surface area contributed by atoms with Gasteiger partial charge in [0.1, 0.15) is 0 Å². The zero-order chi connectivity index (χ0) is 21.3. The zero-order valence-corrected chi connectivity index (χ0v) is 18.6. The third-order valence-corrected chi connectivity index (χ3v) is 6.58. The molecule has 0 saturated heterocycles. The van der Waals surface area contributed by atoms with Crippen LogP contribution in [-0.4, -0.2) is 15.9 Å². The fraction of sp³-hybridized carbons (Fsp3) is 0.240. The molecule has 0 radical (unpaired) electrons. The summed E-state index contributed by atoms with van der Waals surface area (Å²) in [5, 5.41) is 0.737. The van der Waals surface area contributed by atoms with Gasteiger partial charge in [-0.3, -0.25) is 14.7 Å². The van der Waals surface area contributed by atoms with Gasteiger partial charge in [-0.1, -0.05) is 53.3 Å². The summed E-state index contributed by atoms with van der Waals surface area (Å²) in [5.41, 5.74) is 7.66. The van der Waals surface area contributed by atoms with E-state index < -0.39 is 0 Å². The second-order valence-electron chi connectivity index (χ2n) is 7.82. The smallest absolute Gasteiger partial charge is 0.233 e. The lowest BCUT2D eigenvalue weighted by molar-refractivity contribution is -0.118. The van der Waals surface area contributed by atoms with Crippen LogP contribution in [0.3, 0.4) is 0 Å². The molecule has 0 fully saturated rings. The minimum Gasteiger partial charge on any atom is -0.283 e. The molecular formula is C25H25N3OS. The molecule has 0 unspecified atom stereocenters. The monoisotopic (exact) mass is 415 g/mol. The van der Waals surface area contributed by atoms with Crippen molar-refractivity contribution in [2.24, 2.45) is 0 Å². The Morgan fingerprint density at radius 1 is 1.00 bits per heavy atom. The number of rotatable bonds is 5. The van der Waals surface area contributed by atoms with E-state index in [0.717, 1.165) is 37.6 Å². The van der Waals surface area contributed by atoms with Gasteiger partial charge in [0.2, 0.25) is 5.91 Å². The summed E-state index contributed by atoms with van der Waals surface area (Å²) in [6, 6.07) is 14.3. The van der Waals surface area contributed by atoms with Gasteiger partial charge in [-0.2, -0.15) is 0 Å². The van der Waals surface area contributed by atoms with Crippen LogP contribution in [-0.2, 0) is 17.8 Å². The van der Waals surface area contributed by atoms with Gasteiger partial charge in [-0.25, -0.2) is 4.98 Å². The molecule has 0 bridgehead atoms. The number of aromatic nitrogens is 2. The van der Waals surface area contributed by atoms with Gasteiger partial charge in [-0.05, 0) is 61.6 Å². The summed E-state index contributed by atoms with van der Waals surface area (Å²) in [6.45, 7) is 8.74. The number of pyridine rings is 1. The van der Waals surface area contributed by atoms with Crippen LogP contribution in [0.4, 0.5) is 5.13 Å². The molecule has 0 saturated carbocycles. The molecule has 0 aliphatic rings. The Kier molecular flexibility index (Phi) is 5.64. The van der Waals surface area contributed by atoms with Crippen LogP contribution in [0.1, 0.15) is 33.4 Å². The van der Waals surface area contributed by atoms with E-state index >= 15 is 0 Å². The van der Waals surface area contributed by atoms with Crippen LogP contribution in [0.5, 0.6) is 0 Å². The van der Waals surface area contributed by atoms with Crippen molar-refractivity contribution in [3.63, 3.8) is 0 Å². The van der Waals surface area contributed by atoms with E-state index in [0.29, 0.717) is 13.0 Å². The molecule has 4 nitrogen and oxygen atoms in total. The molecule has 2 aromatic heterocycles. The summed E-state index contributed by atoms with van der Waals surface area (Å²) in [4.78, 5) is 24.4. The molecule has 2 heterocycles. The predicted octanol–water partition coefficient (Wildman–Crippen LogP) is 5.70. The van der Waals surface area contributed by atoms with Crippen LogP contribution in [0, 0.1) is 27.7 Å². The molecular weight excluding hydrogens is 390 g/mol. The van der Waals surface area contributed by atoms with Crippen LogP contribution in [0.25, 0.3) is 10.2 Å². The number of amides is 1. The van der Waals surface area contributed by atoms with Gasteiger partial charge in [0, 0.05) is 12.4 Å². The molecule has 30 heavy (non-hydrogen) atoms. The van der Waals surface area contributed by atoms with Crippen molar-refractivity contribution in [1.82, 2.24) is 9.97 Å². The molecule has 1 amide bonds. The number of carbonyl (C=O) groups is 1. The molecule has 0 spiro atoms. The number of aryl methyl sites for hydroxylation is 4. The van der Waals surface area contributed by atoms with E-state index in [9.17, 15) is 4.79 Å². The standard InChI is InChI=1S/C25H25N3OS/c1-16-7-10-21(19(4)12-16)13-22(29)28(15-20-6-5-11-26-14-20)25-27-23-17(2)8-9-18(3)24(23)30-25/h5-12,14H,13,15H2,1-4H3. The van der Waals surface area contributed by atoms with Crippen molar-refractivity contribution in [1.29, 1.82) is 0 Å². The lowest BCUT2D eigenvalue weighted by Gasteiger charge is -2.20. The average Bonchev–Trinajstić information content (AvgIpc) is 3.18. The Hall–Kier alpha value is -3.05. The molecule has 5 heteroatoms. The number of hydrogen-bond donors (Lipinski definition) is 0. The quantitative estimate of drug-likeness (QED) is 0.420. The SMILES string of the molecule is Cc1ccc(CC(=O)N(Cc2cccnc2)c2nc3c(C)ccc(C)c3s2)c(C)c1. The fourth-order valence-corrected chi connectivity index (χ4v) is 4.73. The molecule has 0 aliphatic heterocycles. The highest BCUT2D eigenvalue weighted by Gasteiger charge is 2.22. The third kappa shape index (κ3) is 4.12. The normalized spacial score (nSPS) is 11.1. The lowest BCUT2D eigenvalue weighted by Crippen LogP contribution is -2.32. The first-order chi connectivity index (χ1) is 14.4. The Bertz CT molecular complexity index is 1180. The largest absolute Gasteiger partial charge is 0.283 e. The van der Waals surface area contributed by atoms with Crippen molar-refractivity contribution in [3.05, 3.63) is 88.2 Å². The summed E-state index contributed by atoms with van der Waals surface area (Å²) >= 11 is 1.58. The van der Waals surface area contributed by atoms with Crippen molar-refractivity contribution < 1.29 is 4.79 Å². The number of benzene rings is 2. The molecule has 2 aromatic carbocycles. The van der Waals surface area contributed by atoms with Crippen molar-refractivity contribution in [2.75, 3.05) is 4.90 Å². The molecule has 152 valence electrons. The molecule has 0 aliphatic carbocycles. The summed E-state index contributed by atoms with van der Waals surface area (Å²) in [6.07, 6.45) is 3.90. The van der Waals surface area contributed by atoms with E-state index in [1.165, 1.54) is 11.1 Å². The first-order valence-corrected chi connectivity index (χ1v) is 10.9. The zero-order valence-electron chi connectivity index (χ0n) is 17.8. The van der Waals surface area contributed by atoms with E-state index in [4.69, 9.17) is 4.98 Å². The molecule has 4 rings (SSSR count). The van der Waals surface area contributed by atoms with E-state index in [-0.39, 0.29) is 5.91 Å². The predicted molar refractivity (Wildman–Crippen MR) is 124 cm³/mol. The highest BCUT2D eigenvalue weighted by molar-refractivity contribution is 7.22. The van der Waals surface area contributed by atoms with Gasteiger partial charge >= 0.3 is 0 Å². The Morgan fingerprint density at radius 2 is 1.80 bits per heavy atom. The van der Waals surface area contributed by atoms with E-state index in [1.807, 2.05) is 12.1 Å². The number of hydrogen-bond acceptors (Lipinski definition) is 4. The van der Waals surface area contributed by atoms with Crippen LogP contribution in [0.15, 0.2) is 54.9 Å². The maximum atomic E-state index is 13.5. The van der Waals surface area contributed by atoms with Gasteiger partial charge in [0.25, 0.3) is 0 Å². The minimum absolute atomic E-state index is 0.0418. The second kappa shape index (κ2) is 8.36. The van der Waals surface area contributed by atoms with Gasteiger partial charge in [0.05, 0.1) is 23.2 Å². The number of carbonyl (C=O) groups excluding carboxylic acids is 1. The lowest BCUT2D eigenvalue weighted by atomic mass is 10.0. The number of fused-ring (bicyclic) bond motifs is 1. The summed E-state index contributed by atoms with van der Waals surface area (Å²) < 4.78 is 1.14. The summed E-state index contributed by atoms with van der Waals surface area (Å²) in [5.74, 6) is 0.0418. The topological polar surface area (TPSA) is 46.1 Å².